The summed E-state index contributed by atoms with van der Waals surface area (Å²) in [6.45, 7) is 5.75. The normalized spacial score (nSPS) is 12.1. The van der Waals surface area contributed by atoms with Gasteiger partial charge in [-0.1, -0.05) is 66.0 Å². The lowest BCUT2D eigenvalue weighted by molar-refractivity contribution is -0.123. The van der Waals surface area contributed by atoms with E-state index in [2.05, 4.69) is 22.9 Å². The van der Waals surface area contributed by atoms with Crippen LogP contribution in [0.25, 0.3) is 0 Å². The molecule has 0 heterocycles. The highest BCUT2D eigenvalue weighted by Gasteiger charge is 2.34. The van der Waals surface area contributed by atoms with E-state index in [-0.39, 0.29) is 11.7 Å². The highest BCUT2D eigenvalue weighted by atomic mass is 35.6. The maximum Gasteiger partial charge on any atom is 0.259 e. The molecule has 30 heavy (non-hydrogen) atoms. The summed E-state index contributed by atoms with van der Waals surface area (Å²) in [5.41, 5.74) is 4.07. The number of anilines is 1. The van der Waals surface area contributed by atoms with Crippen molar-refractivity contribution in [1.29, 1.82) is 0 Å². The molecule has 0 aromatic heterocycles. The van der Waals surface area contributed by atoms with Gasteiger partial charge in [0.1, 0.15) is 11.9 Å². The number of ether oxygens (including phenoxy) is 1. The molecule has 0 aliphatic carbocycles. The number of hydrogen-bond donors (Lipinski definition) is 3. The molecule has 5 nitrogen and oxygen atoms in total. The van der Waals surface area contributed by atoms with Crippen molar-refractivity contribution in [3.8, 4) is 5.75 Å². The van der Waals surface area contributed by atoms with Crippen LogP contribution in [0.4, 0.5) is 5.69 Å². The van der Waals surface area contributed by atoms with Gasteiger partial charge in [0, 0.05) is 5.69 Å². The lowest BCUT2D eigenvalue weighted by Crippen LogP contribution is -2.57. The second-order valence-electron chi connectivity index (χ2n) is 6.75. The average molecular weight is 489 g/mol. The standard InChI is InChI=1S/C21H24Cl3N3O2S/c1-4-15-7-9-16(10-8-15)29-12-18(28)26-19(21(22,23)24)27-20(30)25-17-11-13(2)5-6-14(17)3/h5-11,19H,4,12H2,1-3H3,(H,26,28)(H2,25,27,30)/t19-/m1/s1. The fourth-order valence-corrected chi connectivity index (χ4v) is 3.09. The lowest BCUT2D eigenvalue weighted by atomic mass is 10.1. The van der Waals surface area contributed by atoms with Crippen LogP contribution in [-0.4, -0.2) is 27.6 Å². The van der Waals surface area contributed by atoms with Gasteiger partial charge in [-0.3, -0.25) is 4.79 Å². The van der Waals surface area contributed by atoms with Crippen LogP contribution in [0.15, 0.2) is 42.5 Å². The number of rotatable bonds is 7. The number of aryl methyl sites for hydroxylation is 3. The van der Waals surface area contributed by atoms with Gasteiger partial charge in [-0.25, -0.2) is 0 Å². The second kappa shape index (κ2) is 11.0. The van der Waals surface area contributed by atoms with Gasteiger partial charge >= 0.3 is 0 Å². The maximum absolute atomic E-state index is 12.3. The van der Waals surface area contributed by atoms with Crippen LogP contribution in [-0.2, 0) is 11.2 Å². The van der Waals surface area contributed by atoms with Crippen LogP contribution in [0.5, 0.6) is 5.75 Å². The van der Waals surface area contributed by atoms with E-state index in [1.54, 1.807) is 12.1 Å². The molecule has 2 aromatic carbocycles. The molecule has 0 saturated heterocycles. The SMILES string of the molecule is CCc1ccc(OCC(=O)N[C@H](NC(=S)Nc2cc(C)ccc2C)C(Cl)(Cl)Cl)cc1. The molecule has 0 saturated carbocycles. The Kier molecular flexibility index (Phi) is 9.04. The zero-order chi connectivity index (χ0) is 22.3. The topological polar surface area (TPSA) is 62.4 Å². The van der Waals surface area contributed by atoms with Crippen LogP contribution < -0.4 is 20.7 Å². The Morgan fingerprint density at radius 1 is 1.10 bits per heavy atom. The van der Waals surface area contributed by atoms with Gasteiger partial charge in [0.15, 0.2) is 11.7 Å². The van der Waals surface area contributed by atoms with Crippen LogP contribution >= 0.6 is 47.0 Å². The molecule has 1 atom stereocenters. The molecular weight excluding hydrogens is 465 g/mol. The first kappa shape index (κ1) is 24.5. The third kappa shape index (κ3) is 7.84. The summed E-state index contributed by atoms with van der Waals surface area (Å²) in [4.78, 5) is 12.3. The summed E-state index contributed by atoms with van der Waals surface area (Å²) in [6.07, 6.45) is -0.140. The predicted molar refractivity (Wildman–Crippen MR) is 129 cm³/mol. The summed E-state index contributed by atoms with van der Waals surface area (Å²) >= 11 is 23.4. The fourth-order valence-electron chi connectivity index (χ4n) is 2.53. The van der Waals surface area contributed by atoms with Crippen molar-refractivity contribution in [1.82, 2.24) is 10.6 Å². The number of carbonyl (C=O) groups is 1. The second-order valence-corrected chi connectivity index (χ2v) is 9.52. The number of thiocarbonyl (C=S) groups is 1. The van der Waals surface area contributed by atoms with Crippen molar-refractivity contribution in [3.63, 3.8) is 0 Å². The number of carbonyl (C=O) groups excluding carboxylic acids is 1. The van der Waals surface area contributed by atoms with E-state index < -0.39 is 15.9 Å². The van der Waals surface area contributed by atoms with E-state index in [0.717, 1.165) is 23.2 Å². The molecule has 0 aliphatic heterocycles. The monoisotopic (exact) mass is 487 g/mol. The smallest absolute Gasteiger partial charge is 0.259 e. The Hall–Kier alpha value is -1.73. The van der Waals surface area contributed by atoms with Gasteiger partial charge in [-0.15, -0.1) is 0 Å². The van der Waals surface area contributed by atoms with E-state index in [1.165, 1.54) is 5.56 Å². The van der Waals surface area contributed by atoms with Crippen molar-refractivity contribution in [2.45, 2.75) is 37.2 Å². The molecule has 2 aromatic rings. The van der Waals surface area contributed by atoms with Crippen LogP contribution in [0.3, 0.4) is 0 Å². The van der Waals surface area contributed by atoms with Crippen molar-refractivity contribution in [2.75, 3.05) is 11.9 Å². The van der Waals surface area contributed by atoms with Gasteiger partial charge in [0.05, 0.1) is 0 Å². The maximum atomic E-state index is 12.3. The first-order chi connectivity index (χ1) is 14.1. The van der Waals surface area contributed by atoms with Crippen molar-refractivity contribution < 1.29 is 9.53 Å². The minimum Gasteiger partial charge on any atom is -0.484 e. The van der Waals surface area contributed by atoms with Gasteiger partial charge in [0.2, 0.25) is 3.79 Å². The predicted octanol–water partition coefficient (Wildman–Crippen LogP) is 5.04. The van der Waals surface area contributed by atoms with E-state index in [4.69, 9.17) is 51.8 Å². The molecule has 0 fully saturated rings. The van der Waals surface area contributed by atoms with Gasteiger partial charge in [-0.2, -0.15) is 0 Å². The Bertz CT molecular complexity index is 886. The molecule has 0 unspecified atom stereocenters. The Morgan fingerprint density at radius 2 is 1.77 bits per heavy atom. The summed E-state index contributed by atoms with van der Waals surface area (Å²) < 4.78 is 3.65. The minimum absolute atomic E-state index is 0.205. The van der Waals surface area contributed by atoms with E-state index >= 15 is 0 Å². The van der Waals surface area contributed by atoms with Crippen LogP contribution in [0, 0.1) is 13.8 Å². The summed E-state index contributed by atoms with van der Waals surface area (Å²) in [7, 11) is 0. The zero-order valence-electron chi connectivity index (χ0n) is 16.9. The number of amides is 1. The average Bonchev–Trinajstić information content (AvgIpc) is 2.68. The Morgan fingerprint density at radius 3 is 2.37 bits per heavy atom. The van der Waals surface area contributed by atoms with Crippen LogP contribution in [0.1, 0.15) is 23.6 Å². The van der Waals surface area contributed by atoms with Gasteiger partial charge in [0.25, 0.3) is 5.91 Å². The van der Waals surface area contributed by atoms with Crippen molar-refractivity contribution in [2.24, 2.45) is 0 Å². The Balaban J connectivity index is 1.95. The number of hydrogen-bond acceptors (Lipinski definition) is 3. The third-order valence-electron chi connectivity index (χ3n) is 4.25. The highest BCUT2D eigenvalue weighted by molar-refractivity contribution is 7.80. The third-order valence-corrected chi connectivity index (χ3v) is 5.13. The first-order valence-electron chi connectivity index (χ1n) is 9.31. The van der Waals surface area contributed by atoms with Gasteiger partial charge in [-0.05, 0) is 67.4 Å². The molecule has 9 heteroatoms. The molecule has 0 bridgehead atoms. The van der Waals surface area contributed by atoms with Gasteiger partial charge < -0.3 is 20.7 Å². The molecule has 162 valence electrons. The fraction of sp³-hybridized carbons (Fsp3) is 0.333. The highest BCUT2D eigenvalue weighted by Crippen LogP contribution is 2.29. The number of halogens is 3. The largest absolute Gasteiger partial charge is 0.484 e. The molecule has 0 spiro atoms. The molecule has 2 rings (SSSR count). The Labute approximate surface area is 197 Å². The first-order valence-corrected chi connectivity index (χ1v) is 10.8. The number of alkyl halides is 3. The van der Waals surface area contributed by atoms with E-state index in [1.807, 2.05) is 44.2 Å². The number of nitrogens with one attached hydrogen (secondary N) is 3. The summed E-state index contributed by atoms with van der Waals surface area (Å²) in [5.74, 6) is 0.112. The lowest BCUT2D eigenvalue weighted by Gasteiger charge is -2.28. The van der Waals surface area contributed by atoms with Crippen molar-refractivity contribution >= 4 is 63.7 Å². The van der Waals surface area contributed by atoms with Crippen LogP contribution in [0.2, 0.25) is 0 Å². The summed E-state index contributed by atoms with van der Waals surface area (Å²) in [5, 5.41) is 8.69. The van der Waals surface area contributed by atoms with E-state index in [9.17, 15) is 4.79 Å². The zero-order valence-corrected chi connectivity index (χ0v) is 20.0. The molecule has 1 amide bonds. The van der Waals surface area contributed by atoms with Crippen molar-refractivity contribution in [3.05, 3.63) is 59.2 Å². The quantitative estimate of drug-likeness (QED) is 0.289. The molecule has 3 N–H and O–H groups in total. The molecule has 0 aliphatic rings. The number of benzene rings is 2. The molecule has 0 radical (unpaired) electrons. The van der Waals surface area contributed by atoms with E-state index in [0.29, 0.717) is 5.75 Å². The molecular formula is C21H24Cl3N3O2S. The minimum atomic E-state index is -1.84. The summed E-state index contributed by atoms with van der Waals surface area (Å²) in [6, 6.07) is 13.4.